The smallest absolute Gasteiger partial charge is 0.422 e. The number of piperidine rings is 1. The van der Waals surface area contributed by atoms with Crippen LogP contribution >= 0.6 is 23.2 Å². The number of carbonyl (C=O) groups is 2. The van der Waals surface area contributed by atoms with E-state index in [0.717, 1.165) is 24.0 Å². The van der Waals surface area contributed by atoms with E-state index in [2.05, 4.69) is 20.8 Å². The summed E-state index contributed by atoms with van der Waals surface area (Å²) in [6, 6.07) is 13.6. The number of hydrogen-bond acceptors (Lipinski definition) is 8. The van der Waals surface area contributed by atoms with Gasteiger partial charge in [-0.3, -0.25) is 15.4 Å². The van der Waals surface area contributed by atoms with E-state index in [1.54, 1.807) is 25.4 Å². The van der Waals surface area contributed by atoms with E-state index >= 15 is 0 Å². The highest BCUT2D eigenvalue weighted by Crippen LogP contribution is 2.38. The summed E-state index contributed by atoms with van der Waals surface area (Å²) in [6.07, 6.45) is 4.69. The van der Waals surface area contributed by atoms with Crippen LogP contribution < -0.4 is 15.5 Å². The van der Waals surface area contributed by atoms with Gasteiger partial charge in [-0.1, -0.05) is 53.5 Å². The molecule has 1 saturated heterocycles. The largest absolute Gasteiger partial charge is 0.482 e. The van der Waals surface area contributed by atoms with Gasteiger partial charge in [0.15, 0.2) is 11.6 Å². The molecule has 0 radical (unpaired) electrons. The second kappa shape index (κ2) is 15.2. The van der Waals surface area contributed by atoms with Gasteiger partial charge in [0, 0.05) is 47.2 Å². The maximum atomic E-state index is 14.3. The molecular formula is C34H37Cl2FN6O5. The van der Waals surface area contributed by atoms with Crippen molar-refractivity contribution in [3.63, 3.8) is 0 Å². The van der Waals surface area contributed by atoms with Crippen molar-refractivity contribution >= 4 is 41.2 Å². The number of aromatic nitrogens is 3. The van der Waals surface area contributed by atoms with Gasteiger partial charge >= 0.3 is 12.2 Å². The summed E-state index contributed by atoms with van der Waals surface area (Å²) in [6.45, 7) is 8.44. The molecule has 2 amide bonds. The molecule has 2 aromatic heterocycles. The SMILES string of the molecule is CC(Oc1cc(-c2cnn(C3CCN(NC(=O)OC(C)(C)C)CC3)c2)cnc1NC(=O)OCc1ccccc1)c1c(Cl)ccc(F)c1Cl. The molecule has 1 unspecified atom stereocenters. The number of hydrazine groups is 1. The lowest BCUT2D eigenvalue weighted by Crippen LogP contribution is -2.48. The topological polar surface area (TPSA) is 120 Å². The summed E-state index contributed by atoms with van der Waals surface area (Å²) in [5.41, 5.74) is 4.71. The Balaban J connectivity index is 1.32. The molecule has 0 aliphatic carbocycles. The number of hydrogen-bond donors (Lipinski definition) is 2. The number of anilines is 1. The summed E-state index contributed by atoms with van der Waals surface area (Å²) < 4.78 is 33.2. The first kappa shape index (κ1) is 34.9. The van der Waals surface area contributed by atoms with Crippen molar-refractivity contribution in [2.45, 2.75) is 64.9 Å². The number of nitrogens with one attached hydrogen (secondary N) is 2. The van der Waals surface area contributed by atoms with Crippen LogP contribution in [0.25, 0.3) is 11.1 Å². The van der Waals surface area contributed by atoms with Crippen molar-refractivity contribution in [3.8, 4) is 16.9 Å². The molecule has 254 valence electrons. The number of ether oxygens (including phenoxy) is 3. The second-order valence-electron chi connectivity index (χ2n) is 12.3. The highest BCUT2D eigenvalue weighted by molar-refractivity contribution is 6.36. The van der Waals surface area contributed by atoms with Gasteiger partial charge < -0.3 is 14.2 Å². The first-order valence-electron chi connectivity index (χ1n) is 15.4. The van der Waals surface area contributed by atoms with Crippen molar-refractivity contribution in [1.82, 2.24) is 25.2 Å². The maximum absolute atomic E-state index is 14.3. The number of carbonyl (C=O) groups excluding carboxylic acids is 2. The molecule has 1 aliphatic rings. The predicted octanol–water partition coefficient (Wildman–Crippen LogP) is 8.36. The number of benzene rings is 2. The molecule has 1 aliphatic heterocycles. The molecule has 0 saturated carbocycles. The molecule has 1 atom stereocenters. The van der Waals surface area contributed by atoms with Gasteiger partial charge in [0.05, 0.1) is 17.3 Å². The first-order valence-corrected chi connectivity index (χ1v) is 16.2. The number of nitrogens with zero attached hydrogens (tertiary/aromatic N) is 4. The Hall–Kier alpha value is -4.39. The van der Waals surface area contributed by atoms with Gasteiger partial charge in [-0.15, -0.1) is 0 Å². The van der Waals surface area contributed by atoms with Gasteiger partial charge in [0.2, 0.25) is 0 Å². The van der Waals surface area contributed by atoms with Crippen molar-refractivity contribution in [2.75, 3.05) is 18.4 Å². The van der Waals surface area contributed by atoms with E-state index in [9.17, 15) is 14.0 Å². The lowest BCUT2D eigenvalue weighted by molar-refractivity contribution is 0.0265. The van der Waals surface area contributed by atoms with E-state index < -0.39 is 29.7 Å². The lowest BCUT2D eigenvalue weighted by atomic mass is 10.1. The van der Waals surface area contributed by atoms with Crippen LogP contribution in [0.2, 0.25) is 10.0 Å². The Morgan fingerprint density at radius 3 is 2.48 bits per heavy atom. The molecule has 4 aromatic rings. The monoisotopic (exact) mass is 698 g/mol. The van der Waals surface area contributed by atoms with Crippen LogP contribution in [-0.2, 0) is 16.1 Å². The molecule has 0 spiro atoms. The van der Waals surface area contributed by atoms with Crippen LogP contribution in [0.15, 0.2) is 67.1 Å². The van der Waals surface area contributed by atoms with Crippen LogP contribution in [0.3, 0.4) is 0 Å². The molecule has 3 heterocycles. The summed E-state index contributed by atoms with van der Waals surface area (Å²) in [4.78, 5) is 29.4. The molecule has 2 aromatic carbocycles. The van der Waals surface area contributed by atoms with Crippen LogP contribution in [0.5, 0.6) is 5.75 Å². The summed E-state index contributed by atoms with van der Waals surface area (Å²) in [5, 5.41) is 9.15. The summed E-state index contributed by atoms with van der Waals surface area (Å²) >= 11 is 12.6. The molecular weight excluding hydrogens is 662 g/mol. The zero-order valence-electron chi connectivity index (χ0n) is 27.0. The Morgan fingerprint density at radius 2 is 1.77 bits per heavy atom. The zero-order valence-corrected chi connectivity index (χ0v) is 28.5. The average molecular weight is 700 g/mol. The third-order valence-corrected chi connectivity index (χ3v) is 8.21. The number of halogens is 3. The third-order valence-electron chi connectivity index (χ3n) is 7.50. The van der Waals surface area contributed by atoms with E-state index in [1.165, 1.54) is 12.1 Å². The molecule has 0 bridgehead atoms. The molecule has 2 N–H and O–H groups in total. The summed E-state index contributed by atoms with van der Waals surface area (Å²) in [5.74, 6) is -0.369. The highest BCUT2D eigenvalue weighted by atomic mass is 35.5. The third kappa shape index (κ3) is 9.15. The van der Waals surface area contributed by atoms with Crippen LogP contribution in [0.1, 0.15) is 63.8 Å². The first-order chi connectivity index (χ1) is 22.9. The Labute approximate surface area is 288 Å². The van der Waals surface area contributed by atoms with Gasteiger partial charge in [-0.05, 0) is 64.3 Å². The van der Waals surface area contributed by atoms with E-state index in [1.807, 2.05) is 67.0 Å². The fourth-order valence-electron chi connectivity index (χ4n) is 5.17. The fourth-order valence-corrected chi connectivity index (χ4v) is 5.84. The standard InChI is InChI=1S/C34H37Cl2FN6O5/c1-21(29-26(35)10-11-27(37)30(29)36)47-28-16-23(17-38-31(28)40-32(44)46-20-22-8-6-5-7-9-22)24-18-39-43(19-24)25-12-14-42(15-13-25)41-33(45)48-34(2,3)4/h5-11,16-19,21,25H,12-15,20H2,1-4H3,(H,41,45)(H,38,40,44). The zero-order chi connectivity index (χ0) is 34.4. The quantitative estimate of drug-likeness (QED) is 0.167. The molecule has 48 heavy (non-hydrogen) atoms. The molecule has 1 fully saturated rings. The van der Waals surface area contributed by atoms with Crippen molar-refractivity contribution < 1.29 is 28.2 Å². The fraction of sp³-hybridized carbons (Fsp3) is 0.353. The van der Waals surface area contributed by atoms with E-state index in [4.69, 9.17) is 37.4 Å². The molecule has 5 rings (SSSR count). The average Bonchev–Trinajstić information content (AvgIpc) is 3.53. The predicted molar refractivity (Wildman–Crippen MR) is 180 cm³/mol. The van der Waals surface area contributed by atoms with Crippen LogP contribution in [0, 0.1) is 5.82 Å². The second-order valence-corrected chi connectivity index (χ2v) is 13.1. The molecule has 14 heteroatoms. The minimum Gasteiger partial charge on any atom is -0.482 e. The number of amides is 2. The Bertz CT molecular complexity index is 1740. The van der Waals surface area contributed by atoms with E-state index in [-0.39, 0.29) is 39.8 Å². The summed E-state index contributed by atoms with van der Waals surface area (Å²) in [7, 11) is 0. The van der Waals surface area contributed by atoms with Gasteiger partial charge in [0.1, 0.15) is 24.1 Å². The normalized spacial score (nSPS) is 14.6. The Morgan fingerprint density at radius 1 is 1.04 bits per heavy atom. The maximum Gasteiger partial charge on any atom is 0.422 e. The van der Waals surface area contributed by atoms with Gasteiger partial charge in [-0.2, -0.15) is 5.10 Å². The van der Waals surface area contributed by atoms with Crippen LogP contribution in [0.4, 0.5) is 19.8 Å². The molecule has 11 nitrogen and oxygen atoms in total. The Kier molecular flexibility index (Phi) is 11.1. The number of rotatable bonds is 9. The van der Waals surface area contributed by atoms with Gasteiger partial charge in [-0.25, -0.2) is 24.0 Å². The van der Waals surface area contributed by atoms with Crippen molar-refractivity contribution in [1.29, 1.82) is 0 Å². The van der Waals surface area contributed by atoms with Crippen molar-refractivity contribution in [3.05, 3.63) is 94.1 Å². The van der Waals surface area contributed by atoms with E-state index in [0.29, 0.717) is 18.7 Å². The number of pyridine rings is 1. The minimum absolute atomic E-state index is 0.0566. The van der Waals surface area contributed by atoms with Crippen molar-refractivity contribution in [2.24, 2.45) is 0 Å². The minimum atomic E-state index is -0.819. The van der Waals surface area contributed by atoms with Gasteiger partial charge in [0.25, 0.3) is 0 Å². The lowest BCUT2D eigenvalue weighted by Gasteiger charge is -2.32. The van der Waals surface area contributed by atoms with Crippen LogP contribution in [-0.4, -0.2) is 50.7 Å². The highest BCUT2D eigenvalue weighted by Gasteiger charge is 2.26.